The Morgan fingerprint density at radius 2 is 2.36 bits per heavy atom. The van der Waals surface area contributed by atoms with Crippen molar-refractivity contribution in [2.45, 2.75) is 0 Å². The van der Waals surface area contributed by atoms with Gasteiger partial charge < -0.3 is 15.5 Å². The fourth-order valence-electron chi connectivity index (χ4n) is 1.20. The molecule has 14 heavy (non-hydrogen) atoms. The monoisotopic (exact) mass is 190 g/mol. The van der Waals surface area contributed by atoms with Gasteiger partial charge in [-0.3, -0.25) is 0 Å². The predicted octanol–water partition coefficient (Wildman–Crippen LogP) is 1.36. The van der Waals surface area contributed by atoms with E-state index >= 15 is 0 Å². The van der Waals surface area contributed by atoms with Crippen LogP contribution >= 0.6 is 0 Å². The molecular weight excluding hydrogens is 180 g/mol. The Bertz CT molecular complexity index is 424. The van der Waals surface area contributed by atoms with Crippen LogP contribution in [0.25, 0.3) is 11.3 Å². The molecule has 2 aromatic heterocycles. The second-order valence-corrected chi connectivity index (χ2v) is 2.72. The summed E-state index contributed by atoms with van der Waals surface area (Å²) < 4.78 is 5.24. The highest BCUT2D eigenvalue weighted by molar-refractivity contribution is 5.71. The van der Waals surface area contributed by atoms with Gasteiger partial charge in [0.25, 0.3) is 0 Å². The number of nitrogen functional groups attached to an aromatic ring is 1. The number of nitrogens with two attached hydrogens (primary N) is 1. The third-order valence-corrected chi connectivity index (χ3v) is 1.83. The van der Waals surface area contributed by atoms with E-state index in [0.717, 1.165) is 5.56 Å². The lowest BCUT2D eigenvalue weighted by molar-refractivity contribution is 0.582. The Hall–Kier alpha value is -2.04. The van der Waals surface area contributed by atoms with Gasteiger partial charge in [0.15, 0.2) is 0 Å². The number of anilines is 2. The van der Waals surface area contributed by atoms with Gasteiger partial charge in [-0.1, -0.05) is 0 Å². The molecule has 5 nitrogen and oxygen atoms in total. The largest absolute Gasteiger partial charge is 0.464 e. The molecule has 0 spiro atoms. The van der Waals surface area contributed by atoms with Crippen LogP contribution < -0.4 is 11.1 Å². The standard InChI is InChI=1S/C9H10N4O/c1-11-8-6(5-12-9(10)13-8)7-3-2-4-14-7/h2-5H,1H3,(H3,10,11,12,13). The van der Waals surface area contributed by atoms with Crippen molar-refractivity contribution in [2.24, 2.45) is 0 Å². The summed E-state index contributed by atoms with van der Waals surface area (Å²) in [5, 5.41) is 2.93. The van der Waals surface area contributed by atoms with Gasteiger partial charge in [0, 0.05) is 13.2 Å². The molecule has 2 aromatic rings. The second kappa shape index (κ2) is 3.37. The first-order chi connectivity index (χ1) is 6.81. The maximum absolute atomic E-state index is 5.46. The lowest BCUT2D eigenvalue weighted by Gasteiger charge is -2.04. The summed E-state index contributed by atoms with van der Waals surface area (Å²) in [5.41, 5.74) is 6.26. The van der Waals surface area contributed by atoms with Gasteiger partial charge in [-0.05, 0) is 12.1 Å². The Morgan fingerprint density at radius 1 is 1.50 bits per heavy atom. The summed E-state index contributed by atoms with van der Waals surface area (Å²) in [4.78, 5) is 7.95. The van der Waals surface area contributed by atoms with E-state index in [1.54, 1.807) is 19.5 Å². The van der Waals surface area contributed by atoms with Crippen molar-refractivity contribution in [1.29, 1.82) is 0 Å². The molecule has 0 amide bonds. The SMILES string of the molecule is CNc1nc(N)ncc1-c1ccco1. The molecule has 2 heterocycles. The number of nitrogens with one attached hydrogen (secondary N) is 1. The minimum atomic E-state index is 0.240. The average Bonchev–Trinajstić information content (AvgIpc) is 2.70. The van der Waals surface area contributed by atoms with E-state index in [1.165, 1.54) is 0 Å². The van der Waals surface area contributed by atoms with Crippen LogP contribution in [0.5, 0.6) is 0 Å². The van der Waals surface area contributed by atoms with Crippen molar-refractivity contribution in [3.63, 3.8) is 0 Å². The third kappa shape index (κ3) is 1.39. The zero-order valence-electron chi connectivity index (χ0n) is 7.69. The Balaban J connectivity index is 2.53. The average molecular weight is 190 g/mol. The number of aromatic nitrogens is 2. The zero-order chi connectivity index (χ0) is 9.97. The smallest absolute Gasteiger partial charge is 0.221 e. The van der Waals surface area contributed by atoms with Crippen LogP contribution in [-0.4, -0.2) is 17.0 Å². The number of furan rings is 1. The number of nitrogens with zero attached hydrogens (tertiary/aromatic N) is 2. The fraction of sp³-hybridized carbons (Fsp3) is 0.111. The number of hydrogen-bond acceptors (Lipinski definition) is 5. The van der Waals surface area contributed by atoms with E-state index in [2.05, 4.69) is 15.3 Å². The van der Waals surface area contributed by atoms with Crippen molar-refractivity contribution in [2.75, 3.05) is 18.1 Å². The maximum atomic E-state index is 5.46. The summed E-state index contributed by atoms with van der Waals surface area (Å²) >= 11 is 0. The summed E-state index contributed by atoms with van der Waals surface area (Å²) in [7, 11) is 1.77. The van der Waals surface area contributed by atoms with Crippen LogP contribution in [0.15, 0.2) is 29.0 Å². The van der Waals surface area contributed by atoms with Gasteiger partial charge >= 0.3 is 0 Å². The first-order valence-corrected chi connectivity index (χ1v) is 4.15. The second-order valence-electron chi connectivity index (χ2n) is 2.72. The number of hydrogen-bond donors (Lipinski definition) is 2. The highest BCUT2D eigenvalue weighted by Crippen LogP contribution is 2.25. The Morgan fingerprint density at radius 3 is 3.00 bits per heavy atom. The van der Waals surface area contributed by atoms with Gasteiger partial charge in [0.05, 0.1) is 11.8 Å². The van der Waals surface area contributed by atoms with Crippen molar-refractivity contribution in [3.05, 3.63) is 24.6 Å². The number of rotatable bonds is 2. The molecule has 0 aliphatic carbocycles. The molecule has 0 radical (unpaired) electrons. The van der Waals surface area contributed by atoms with Crippen molar-refractivity contribution in [1.82, 2.24) is 9.97 Å². The van der Waals surface area contributed by atoms with Gasteiger partial charge in [-0.25, -0.2) is 4.98 Å². The Kier molecular flexibility index (Phi) is 2.06. The fourth-order valence-corrected chi connectivity index (χ4v) is 1.20. The first-order valence-electron chi connectivity index (χ1n) is 4.15. The van der Waals surface area contributed by atoms with Crippen molar-refractivity contribution >= 4 is 11.8 Å². The summed E-state index contributed by atoms with van der Waals surface area (Å²) in [5.74, 6) is 1.62. The van der Waals surface area contributed by atoms with E-state index in [-0.39, 0.29) is 5.95 Å². The summed E-state index contributed by atoms with van der Waals surface area (Å²) in [6, 6.07) is 3.65. The highest BCUT2D eigenvalue weighted by atomic mass is 16.3. The van der Waals surface area contributed by atoms with Crippen LogP contribution in [0.1, 0.15) is 0 Å². The molecule has 2 rings (SSSR count). The van der Waals surface area contributed by atoms with E-state index in [1.807, 2.05) is 12.1 Å². The molecule has 0 aliphatic rings. The molecule has 0 unspecified atom stereocenters. The van der Waals surface area contributed by atoms with E-state index < -0.39 is 0 Å². The molecule has 5 heteroatoms. The van der Waals surface area contributed by atoms with Crippen LogP contribution in [0, 0.1) is 0 Å². The maximum Gasteiger partial charge on any atom is 0.221 e. The normalized spacial score (nSPS) is 10.1. The van der Waals surface area contributed by atoms with Crippen LogP contribution in [0.4, 0.5) is 11.8 Å². The molecule has 0 saturated carbocycles. The third-order valence-electron chi connectivity index (χ3n) is 1.83. The van der Waals surface area contributed by atoms with Crippen LogP contribution in [-0.2, 0) is 0 Å². The van der Waals surface area contributed by atoms with Crippen molar-refractivity contribution < 1.29 is 4.42 Å². The molecule has 0 saturated heterocycles. The molecule has 72 valence electrons. The van der Waals surface area contributed by atoms with E-state index in [9.17, 15) is 0 Å². The van der Waals surface area contributed by atoms with Gasteiger partial charge in [0.2, 0.25) is 5.95 Å². The topological polar surface area (TPSA) is 77.0 Å². The van der Waals surface area contributed by atoms with E-state index in [0.29, 0.717) is 11.6 Å². The van der Waals surface area contributed by atoms with Gasteiger partial charge in [0.1, 0.15) is 11.6 Å². The highest BCUT2D eigenvalue weighted by Gasteiger charge is 2.08. The molecule has 0 fully saturated rings. The summed E-state index contributed by atoms with van der Waals surface area (Å²) in [6.07, 6.45) is 3.23. The minimum absolute atomic E-state index is 0.240. The van der Waals surface area contributed by atoms with Gasteiger partial charge in [-0.2, -0.15) is 4.98 Å². The lowest BCUT2D eigenvalue weighted by Crippen LogP contribution is -2.01. The van der Waals surface area contributed by atoms with Crippen LogP contribution in [0.2, 0.25) is 0 Å². The van der Waals surface area contributed by atoms with E-state index in [4.69, 9.17) is 10.2 Å². The molecule has 0 aromatic carbocycles. The van der Waals surface area contributed by atoms with Crippen LogP contribution in [0.3, 0.4) is 0 Å². The minimum Gasteiger partial charge on any atom is -0.464 e. The molecule has 0 aliphatic heterocycles. The molecule has 3 N–H and O–H groups in total. The predicted molar refractivity (Wildman–Crippen MR) is 53.7 cm³/mol. The van der Waals surface area contributed by atoms with Gasteiger partial charge in [-0.15, -0.1) is 0 Å². The molecular formula is C9H10N4O. The first kappa shape index (κ1) is 8.55. The molecule has 0 bridgehead atoms. The lowest BCUT2D eigenvalue weighted by atomic mass is 10.2. The summed E-state index contributed by atoms with van der Waals surface area (Å²) in [6.45, 7) is 0. The Labute approximate surface area is 81.0 Å². The van der Waals surface area contributed by atoms with Crippen molar-refractivity contribution in [3.8, 4) is 11.3 Å². The quantitative estimate of drug-likeness (QED) is 0.747. The zero-order valence-corrected chi connectivity index (χ0v) is 7.69. The molecule has 0 atom stereocenters.